The van der Waals surface area contributed by atoms with Crippen LogP contribution in [0.25, 0.3) is 0 Å². The van der Waals surface area contributed by atoms with Gasteiger partial charge in [0.2, 0.25) is 0 Å². The van der Waals surface area contributed by atoms with Gasteiger partial charge in [0.25, 0.3) is 0 Å². The van der Waals surface area contributed by atoms with E-state index in [1.165, 1.54) is 58.0 Å². The summed E-state index contributed by atoms with van der Waals surface area (Å²) in [6, 6.07) is 0. The number of rotatable bonds is 6. The molecule has 0 aromatic heterocycles. The Labute approximate surface area is 131 Å². The Hall–Kier alpha value is -0.120. The average molecular weight is 296 g/mol. The molecule has 0 saturated carbocycles. The van der Waals surface area contributed by atoms with Gasteiger partial charge in [-0.25, -0.2) is 0 Å². The van der Waals surface area contributed by atoms with E-state index >= 15 is 0 Å². The third-order valence-corrected chi connectivity index (χ3v) is 5.73. The number of likely N-dealkylation sites (tertiary alicyclic amines) is 1. The van der Waals surface area contributed by atoms with E-state index in [9.17, 15) is 0 Å². The van der Waals surface area contributed by atoms with E-state index in [1.807, 2.05) is 0 Å². The molecule has 124 valence electrons. The van der Waals surface area contributed by atoms with Crippen molar-refractivity contribution in [1.82, 2.24) is 4.90 Å². The maximum Gasteiger partial charge on any atom is 0.0593 e. The van der Waals surface area contributed by atoms with Crippen LogP contribution in [-0.4, -0.2) is 42.8 Å². The van der Waals surface area contributed by atoms with Crippen LogP contribution in [0.4, 0.5) is 0 Å². The normalized spacial score (nSPS) is 35.6. The van der Waals surface area contributed by atoms with Crippen LogP contribution in [0.5, 0.6) is 0 Å². The minimum Gasteiger partial charge on any atom is -0.378 e. The lowest BCUT2D eigenvalue weighted by molar-refractivity contribution is -0.0733. The molecule has 0 bridgehead atoms. The summed E-state index contributed by atoms with van der Waals surface area (Å²) in [6.07, 6.45) is 12.0. The van der Waals surface area contributed by atoms with E-state index < -0.39 is 0 Å². The number of nitrogens with zero attached hydrogens (tertiary/aromatic N) is 1. The zero-order valence-electron chi connectivity index (χ0n) is 14.3. The average Bonchev–Trinajstić information content (AvgIpc) is 2.74. The molecule has 2 fully saturated rings. The lowest BCUT2D eigenvalue weighted by atomic mass is 9.83. The summed E-state index contributed by atoms with van der Waals surface area (Å²) in [6.45, 7) is 8.77. The highest BCUT2D eigenvalue weighted by molar-refractivity contribution is 4.97. The minimum atomic E-state index is 0.221. The van der Waals surface area contributed by atoms with Crippen molar-refractivity contribution in [3.05, 3.63) is 0 Å². The van der Waals surface area contributed by atoms with E-state index in [-0.39, 0.29) is 5.54 Å². The third kappa shape index (κ3) is 4.43. The van der Waals surface area contributed by atoms with E-state index in [0.717, 1.165) is 31.9 Å². The second kappa shape index (κ2) is 8.50. The van der Waals surface area contributed by atoms with Crippen LogP contribution in [0.15, 0.2) is 0 Å². The molecule has 2 aliphatic heterocycles. The molecule has 0 radical (unpaired) electrons. The van der Waals surface area contributed by atoms with E-state index in [1.54, 1.807) is 0 Å². The van der Waals surface area contributed by atoms with Crippen LogP contribution >= 0.6 is 0 Å². The highest BCUT2D eigenvalue weighted by Gasteiger charge is 2.41. The molecular weight excluding hydrogens is 260 g/mol. The molecule has 3 unspecified atom stereocenters. The molecule has 0 amide bonds. The monoisotopic (exact) mass is 296 g/mol. The standard InChI is InChI=1S/C18H36N2O/c1-3-6-16-8-5-11-20(12-9-16)18(15-19)10-13-21-17(14-18)7-4-2/h16-17H,3-15,19H2,1-2H3. The zero-order chi connectivity index (χ0) is 15.1. The molecule has 3 nitrogen and oxygen atoms in total. The molecule has 0 aromatic rings. The van der Waals surface area contributed by atoms with Crippen LogP contribution < -0.4 is 5.73 Å². The van der Waals surface area contributed by atoms with Crippen LogP contribution in [0, 0.1) is 5.92 Å². The van der Waals surface area contributed by atoms with E-state index in [2.05, 4.69) is 18.7 Å². The van der Waals surface area contributed by atoms with Gasteiger partial charge in [-0.2, -0.15) is 0 Å². The first-order valence-corrected chi connectivity index (χ1v) is 9.30. The predicted octanol–water partition coefficient (Wildman–Crippen LogP) is 3.57. The molecule has 2 heterocycles. The zero-order valence-corrected chi connectivity index (χ0v) is 14.3. The fourth-order valence-electron chi connectivity index (χ4n) is 4.45. The fourth-order valence-corrected chi connectivity index (χ4v) is 4.45. The van der Waals surface area contributed by atoms with Gasteiger partial charge in [0, 0.05) is 18.7 Å². The Bertz CT molecular complexity index is 295. The number of nitrogens with two attached hydrogens (primary N) is 1. The van der Waals surface area contributed by atoms with Crippen molar-refractivity contribution in [3.8, 4) is 0 Å². The SMILES string of the molecule is CCCC1CCCN(C2(CN)CCOC(CCC)C2)CC1. The van der Waals surface area contributed by atoms with Gasteiger partial charge in [-0.1, -0.05) is 33.1 Å². The lowest BCUT2D eigenvalue weighted by Gasteiger charge is -2.48. The van der Waals surface area contributed by atoms with Crippen LogP contribution in [0.3, 0.4) is 0 Å². The van der Waals surface area contributed by atoms with Crippen molar-refractivity contribution in [2.45, 2.75) is 83.3 Å². The van der Waals surface area contributed by atoms with Crippen molar-refractivity contribution >= 4 is 0 Å². The maximum absolute atomic E-state index is 6.27. The van der Waals surface area contributed by atoms with Gasteiger partial charge < -0.3 is 10.5 Å². The van der Waals surface area contributed by atoms with Crippen molar-refractivity contribution in [2.75, 3.05) is 26.2 Å². The van der Waals surface area contributed by atoms with Gasteiger partial charge in [-0.05, 0) is 57.5 Å². The molecule has 2 aliphatic rings. The Kier molecular flexibility index (Phi) is 6.97. The second-order valence-electron chi connectivity index (χ2n) is 7.24. The first-order chi connectivity index (χ1) is 10.2. The molecule has 3 atom stereocenters. The number of hydrogen-bond acceptors (Lipinski definition) is 3. The maximum atomic E-state index is 6.27. The van der Waals surface area contributed by atoms with Gasteiger partial charge in [0.05, 0.1) is 6.10 Å². The topological polar surface area (TPSA) is 38.5 Å². The highest BCUT2D eigenvalue weighted by Crippen LogP contribution is 2.35. The van der Waals surface area contributed by atoms with Crippen LogP contribution in [0.2, 0.25) is 0 Å². The molecule has 2 saturated heterocycles. The predicted molar refractivity (Wildman–Crippen MR) is 89.5 cm³/mol. The van der Waals surface area contributed by atoms with Gasteiger partial charge in [0.1, 0.15) is 0 Å². The molecular formula is C18H36N2O. The largest absolute Gasteiger partial charge is 0.378 e. The van der Waals surface area contributed by atoms with Crippen molar-refractivity contribution in [1.29, 1.82) is 0 Å². The van der Waals surface area contributed by atoms with Crippen molar-refractivity contribution in [2.24, 2.45) is 11.7 Å². The van der Waals surface area contributed by atoms with Gasteiger partial charge in [-0.15, -0.1) is 0 Å². The second-order valence-corrected chi connectivity index (χ2v) is 7.24. The smallest absolute Gasteiger partial charge is 0.0593 e. The molecule has 21 heavy (non-hydrogen) atoms. The molecule has 2 rings (SSSR count). The lowest BCUT2D eigenvalue weighted by Crippen LogP contribution is -2.58. The molecule has 0 spiro atoms. The Morgan fingerprint density at radius 2 is 1.95 bits per heavy atom. The van der Waals surface area contributed by atoms with Gasteiger partial charge >= 0.3 is 0 Å². The number of ether oxygens (including phenoxy) is 1. The quantitative estimate of drug-likeness (QED) is 0.814. The first-order valence-electron chi connectivity index (χ1n) is 9.30. The molecule has 0 aromatic carbocycles. The molecule has 0 aliphatic carbocycles. The number of hydrogen-bond donors (Lipinski definition) is 1. The summed E-state index contributed by atoms with van der Waals surface area (Å²) in [4.78, 5) is 2.74. The van der Waals surface area contributed by atoms with Crippen molar-refractivity contribution in [3.63, 3.8) is 0 Å². The van der Waals surface area contributed by atoms with Crippen molar-refractivity contribution < 1.29 is 4.74 Å². The Balaban J connectivity index is 1.98. The third-order valence-electron chi connectivity index (χ3n) is 5.73. The van der Waals surface area contributed by atoms with Crippen LogP contribution in [0.1, 0.15) is 71.6 Å². The van der Waals surface area contributed by atoms with E-state index in [0.29, 0.717) is 6.10 Å². The summed E-state index contributed by atoms with van der Waals surface area (Å²) in [5, 5.41) is 0. The summed E-state index contributed by atoms with van der Waals surface area (Å²) in [5.41, 5.74) is 6.50. The summed E-state index contributed by atoms with van der Waals surface area (Å²) >= 11 is 0. The first kappa shape index (κ1) is 17.2. The summed E-state index contributed by atoms with van der Waals surface area (Å²) in [7, 11) is 0. The molecule has 2 N–H and O–H groups in total. The molecule has 3 heteroatoms. The highest BCUT2D eigenvalue weighted by atomic mass is 16.5. The Morgan fingerprint density at radius 3 is 2.67 bits per heavy atom. The fraction of sp³-hybridized carbons (Fsp3) is 1.00. The van der Waals surface area contributed by atoms with Gasteiger partial charge in [0.15, 0.2) is 0 Å². The van der Waals surface area contributed by atoms with Crippen LogP contribution in [-0.2, 0) is 4.74 Å². The summed E-state index contributed by atoms with van der Waals surface area (Å²) in [5.74, 6) is 0.945. The van der Waals surface area contributed by atoms with Gasteiger partial charge in [-0.3, -0.25) is 4.90 Å². The Morgan fingerprint density at radius 1 is 1.14 bits per heavy atom. The summed E-state index contributed by atoms with van der Waals surface area (Å²) < 4.78 is 5.98. The van der Waals surface area contributed by atoms with E-state index in [4.69, 9.17) is 10.5 Å². The minimum absolute atomic E-state index is 0.221.